The Bertz CT molecular complexity index is 154. The second kappa shape index (κ2) is 6.70. The fraction of sp³-hybridized carbons (Fsp3) is 1.00. The Labute approximate surface area is 92.1 Å². The molecule has 1 aliphatic rings. The minimum atomic E-state index is 0.337. The summed E-state index contributed by atoms with van der Waals surface area (Å²) in [5.74, 6) is 1.24. The largest absolute Gasteiger partial charge is 0.395 e. The first kappa shape index (κ1) is 12.3. The van der Waals surface area contributed by atoms with Crippen LogP contribution in [0.4, 0.5) is 0 Å². The van der Waals surface area contributed by atoms with Crippen LogP contribution < -0.4 is 0 Å². The molecule has 84 valence electrons. The van der Waals surface area contributed by atoms with Crippen LogP contribution in [0.2, 0.25) is 0 Å². The number of nitrogens with zero attached hydrogens (tertiary/aromatic N) is 1. The molecule has 1 heterocycles. The van der Waals surface area contributed by atoms with Crippen LogP contribution in [0.3, 0.4) is 0 Å². The second-order valence-corrected chi connectivity index (χ2v) is 5.19. The summed E-state index contributed by atoms with van der Waals surface area (Å²) in [4.78, 5) is 2.50. The molecular formula is C11H23NOS. The Morgan fingerprint density at radius 2 is 2.21 bits per heavy atom. The first-order valence-electron chi connectivity index (χ1n) is 5.65. The van der Waals surface area contributed by atoms with Gasteiger partial charge in [0.25, 0.3) is 0 Å². The molecule has 0 aromatic carbocycles. The zero-order valence-electron chi connectivity index (χ0n) is 9.41. The molecule has 0 aromatic heterocycles. The van der Waals surface area contributed by atoms with Crippen molar-refractivity contribution in [1.29, 1.82) is 0 Å². The summed E-state index contributed by atoms with van der Waals surface area (Å²) in [6, 6.07) is 1.10. The van der Waals surface area contributed by atoms with Gasteiger partial charge in [0, 0.05) is 12.1 Å². The summed E-state index contributed by atoms with van der Waals surface area (Å²) in [6.07, 6.45) is 7.17. The average Bonchev–Trinajstić information content (AvgIpc) is 2.20. The van der Waals surface area contributed by atoms with E-state index in [0.717, 1.165) is 6.54 Å². The molecule has 1 fully saturated rings. The summed E-state index contributed by atoms with van der Waals surface area (Å²) in [6.45, 7) is 3.79. The lowest BCUT2D eigenvalue weighted by molar-refractivity contribution is 0.0523. The maximum Gasteiger partial charge on any atom is 0.0586 e. The van der Waals surface area contributed by atoms with Gasteiger partial charge in [-0.2, -0.15) is 11.8 Å². The lowest BCUT2D eigenvalue weighted by atomic mass is 9.97. The maximum atomic E-state index is 9.29. The Hall–Kier alpha value is 0.270. The highest BCUT2D eigenvalue weighted by Crippen LogP contribution is 2.22. The van der Waals surface area contributed by atoms with Gasteiger partial charge in [0.05, 0.1) is 6.61 Å². The van der Waals surface area contributed by atoms with Crippen molar-refractivity contribution in [2.45, 2.75) is 44.7 Å². The Kier molecular flexibility index (Phi) is 5.90. The lowest BCUT2D eigenvalue weighted by Crippen LogP contribution is -2.47. The van der Waals surface area contributed by atoms with Gasteiger partial charge < -0.3 is 5.11 Å². The maximum absolute atomic E-state index is 9.29. The van der Waals surface area contributed by atoms with Gasteiger partial charge in [0.1, 0.15) is 0 Å². The second-order valence-electron chi connectivity index (χ2n) is 4.20. The zero-order valence-corrected chi connectivity index (χ0v) is 10.2. The van der Waals surface area contributed by atoms with E-state index in [2.05, 4.69) is 18.1 Å². The Morgan fingerprint density at radius 3 is 2.86 bits per heavy atom. The number of hydrogen-bond acceptors (Lipinski definition) is 3. The summed E-state index contributed by atoms with van der Waals surface area (Å²) in [5, 5.41) is 9.29. The van der Waals surface area contributed by atoms with E-state index in [1.165, 1.54) is 31.4 Å². The molecule has 1 N–H and O–H groups in total. The third kappa shape index (κ3) is 3.44. The first-order valence-corrected chi connectivity index (χ1v) is 7.04. The number of aliphatic hydroxyl groups is 1. The Morgan fingerprint density at radius 1 is 1.43 bits per heavy atom. The number of rotatable bonds is 5. The highest BCUT2D eigenvalue weighted by atomic mass is 32.2. The van der Waals surface area contributed by atoms with E-state index in [-0.39, 0.29) is 0 Å². The van der Waals surface area contributed by atoms with E-state index < -0.39 is 0 Å². The van der Waals surface area contributed by atoms with Crippen LogP contribution >= 0.6 is 11.8 Å². The lowest BCUT2D eigenvalue weighted by Gasteiger charge is -2.39. The smallest absolute Gasteiger partial charge is 0.0586 e. The number of thioether (sulfide) groups is 1. The predicted octanol–water partition coefficient (Wildman–Crippen LogP) is 1.97. The topological polar surface area (TPSA) is 23.5 Å². The van der Waals surface area contributed by atoms with E-state index in [0.29, 0.717) is 18.7 Å². The molecule has 0 spiro atoms. The molecule has 0 bridgehead atoms. The van der Waals surface area contributed by atoms with E-state index >= 15 is 0 Å². The van der Waals surface area contributed by atoms with E-state index in [1.54, 1.807) is 0 Å². The van der Waals surface area contributed by atoms with Crippen LogP contribution in [0, 0.1) is 0 Å². The number of aliphatic hydroxyl groups excluding tert-OH is 1. The third-order valence-electron chi connectivity index (χ3n) is 3.17. The van der Waals surface area contributed by atoms with Crippen molar-refractivity contribution in [2.75, 3.05) is 25.2 Å². The van der Waals surface area contributed by atoms with Gasteiger partial charge in [-0.05, 0) is 44.7 Å². The minimum absolute atomic E-state index is 0.337. The van der Waals surface area contributed by atoms with Crippen molar-refractivity contribution in [3.63, 3.8) is 0 Å². The van der Waals surface area contributed by atoms with E-state index in [1.807, 2.05) is 11.8 Å². The van der Waals surface area contributed by atoms with Crippen molar-refractivity contribution in [3.05, 3.63) is 0 Å². The summed E-state index contributed by atoms with van der Waals surface area (Å²) >= 11 is 1.91. The normalized spacial score (nSPS) is 29.4. The van der Waals surface area contributed by atoms with Crippen LogP contribution in [-0.2, 0) is 0 Å². The standard InChI is InChI=1S/C11H23NOS/c1-10-5-3-6-11(9-13)12(10)7-4-8-14-2/h10-11,13H,3-9H2,1-2H3. The minimum Gasteiger partial charge on any atom is -0.395 e. The summed E-state index contributed by atoms with van der Waals surface area (Å²) in [5.41, 5.74) is 0. The number of piperidine rings is 1. The highest BCUT2D eigenvalue weighted by molar-refractivity contribution is 7.98. The summed E-state index contributed by atoms with van der Waals surface area (Å²) < 4.78 is 0. The van der Waals surface area contributed by atoms with Gasteiger partial charge in [-0.15, -0.1) is 0 Å². The molecule has 0 aromatic rings. The first-order chi connectivity index (χ1) is 6.79. The quantitative estimate of drug-likeness (QED) is 0.712. The molecule has 1 rings (SSSR count). The van der Waals surface area contributed by atoms with Crippen LogP contribution in [0.15, 0.2) is 0 Å². The molecule has 0 saturated carbocycles. The number of hydrogen-bond donors (Lipinski definition) is 1. The molecule has 14 heavy (non-hydrogen) atoms. The molecule has 1 aliphatic heterocycles. The van der Waals surface area contributed by atoms with Crippen LogP contribution in [0.25, 0.3) is 0 Å². The van der Waals surface area contributed by atoms with Gasteiger partial charge in [0.15, 0.2) is 0 Å². The van der Waals surface area contributed by atoms with Crippen molar-refractivity contribution < 1.29 is 5.11 Å². The fourth-order valence-corrected chi connectivity index (χ4v) is 2.75. The van der Waals surface area contributed by atoms with Crippen LogP contribution in [0.5, 0.6) is 0 Å². The van der Waals surface area contributed by atoms with Crippen LogP contribution in [-0.4, -0.2) is 47.3 Å². The van der Waals surface area contributed by atoms with E-state index in [9.17, 15) is 5.11 Å². The SMILES string of the molecule is CSCCCN1C(C)CCCC1CO. The highest BCUT2D eigenvalue weighted by Gasteiger charge is 2.26. The molecular weight excluding hydrogens is 194 g/mol. The van der Waals surface area contributed by atoms with E-state index in [4.69, 9.17) is 0 Å². The Balaban J connectivity index is 2.34. The van der Waals surface area contributed by atoms with Gasteiger partial charge >= 0.3 is 0 Å². The molecule has 2 nitrogen and oxygen atoms in total. The molecule has 0 aliphatic carbocycles. The van der Waals surface area contributed by atoms with Gasteiger partial charge in [-0.1, -0.05) is 6.42 Å². The molecule has 3 heteroatoms. The third-order valence-corrected chi connectivity index (χ3v) is 3.87. The fourth-order valence-electron chi connectivity index (χ4n) is 2.33. The van der Waals surface area contributed by atoms with Crippen molar-refractivity contribution >= 4 is 11.8 Å². The van der Waals surface area contributed by atoms with Crippen molar-refractivity contribution in [2.24, 2.45) is 0 Å². The summed E-state index contributed by atoms with van der Waals surface area (Å²) in [7, 11) is 0. The van der Waals surface area contributed by atoms with Crippen LogP contribution in [0.1, 0.15) is 32.6 Å². The zero-order chi connectivity index (χ0) is 10.4. The van der Waals surface area contributed by atoms with Crippen molar-refractivity contribution in [3.8, 4) is 0 Å². The molecule has 0 amide bonds. The molecule has 2 unspecified atom stereocenters. The molecule has 0 radical (unpaired) electrons. The van der Waals surface area contributed by atoms with Crippen molar-refractivity contribution in [1.82, 2.24) is 4.90 Å². The van der Waals surface area contributed by atoms with Gasteiger partial charge in [0.2, 0.25) is 0 Å². The average molecular weight is 217 g/mol. The van der Waals surface area contributed by atoms with Gasteiger partial charge in [-0.3, -0.25) is 4.90 Å². The molecule has 1 saturated heterocycles. The predicted molar refractivity (Wildman–Crippen MR) is 63.9 cm³/mol. The number of likely N-dealkylation sites (tertiary alicyclic amines) is 1. The molecule has 2 atom stereocenters. The monoisotopic (exact) mass is 217 g/mol. The van der Waals surface area contributed by atoms with Gasteiger partial charge in [-0.25, -0.2) is 0 Å².